The second-order valence-electron chi connectivity index (χ2n) is 6.84. The minimum Gasteiger partial charge on any atom is -0.368 e. The molecule has 1 fully saturated rings. The largest absolute Gasteiger partial charge is 0.368 e. The highest BCUT2D eigenvalue weighted by atomic mass is 35.5. The van der Waals surface area contributed by atoms with E-state index in [-0.39, 0.29) is 12.0 Å². The molecule has 0 spiro atoms. The van der Waals surface area contributed by atoms with Crippen LogP contribution in [0, 0.1) is 0 Å². The summed E-state index contributed by atoms with van der Waals surface area (Å²) >= 11 is 6.08. The van der Waals surface area contributed by atoms with Crippen molar-refractivity contribution in [1.29, 1.82) is 0 Å². The van der Waals surface area contributed by atoms with E-state index in [1.807, 2.05) is 77.7 Å². The molecule has 0 bridgehead atoms. The lowest BCUT2D eigenvalue weighted by Crippen LogP contribution is -2.42. The standard InChI is InChI=1S/C23H21ClN2O2/c24-19-9-4-6-17(14-19)15-20-10-5-11-21(25-20)22-16-26(12-13-28-22)23(27)18-7-2-1-3-8-18/h1-11,14,22H,12-13,15-16H2. The van der Waals surface area contributed by atoms with Crippen LogP contribution in [0.5, 0.6) is 0 Å². The van der Waals surface area contributed by atoms with Crippen LogP contribution in [0.25, 0.3) is 0 Å². The molecule has 1 unspecified atom stereocenters. The van der Waals surface area contributed by atoms with E-state index in [1.54, 1.807) is 0 Å². The minimum atomic E-state index is -0.222. The SMILES string of the molecule is O=C(c1ccccc1)N1CCOC(c2cccc(Cc3cccc(Cl)c3)n2)C1. The Hall–Kier alpha value is -2.69. The monoisotopic (exact) mass is 392 g/mol. The van der Waals surface area contributed by atoms with Crippen LogP contribution < -0.4 is 0 Å². The third kappa shape index (κ3) is 4.41. The smallest absolute Gasteiger partial charge is 0.254 e. The number of aromatic nitrogens is 1. The predicted molar refractivity (Wildman–Crippen MR) is 110 cm³/mol. The molecule has 1 atom stereocenters. The third-order valence-electron chi connectivity index (χ3n) is 4.81. The number of morpholine rings is 1. The molecule has 0 N–H and O–H groups in total. The molecule has 4 rings (SSSR count). The van der Waals surface area contributed by atoms with E-state index < -0.39 is 0 Å². The molecule has 5 heteroatoms. The number of carbonyl (C=O) groups excluding carboxylic acids is 1. The van der Waals surface area contributed by atoms with Crippen molar-refractivity contribution in [2.45, 2.75) is 12.5 Å². The van der Waals surface area contributed by atoms with Gasteiger partial charge >= 0.3 is 0 Å². The number of halogens is 1. The van der Waals surface area contributed by atoms with Crippen LogP contribution in [0.4, 0.5) is 0 Å². The lowest BCUT2D eigenvalue weighted by molar-refractivity contribution is -0.0247. The van der Waals surface area contributed by atoms with Gasteiger partial charge in [0.05, 0.1) is 18.8 Å². The van der Waals surface area contributed by atoms with Gasteiger partial charge in [-0.1, -0.05) is 48.0 Å². The van der Waals surface area contributed by atoms with Gasteiger partial charge in [0.2, 0.25) is 0 Å². The first-order valence-electron chi connectivity index (χ1n) is 9.35. The van der Waals surface area contributed by atoms with Crippen molar-refractivity contribution in [2.75, 3.05) is 19.7 Å². The summed E-state index contributed by atoms with van der Waals surface area (Å²) < 4.78 is 5.93. The maximum Gasteiger partial charge on any atom is 0.254 e. The number of carbonyl (C=O) groups is 1. The van der Waals surface area contributed by atoms with E-state index in [2.05, 4.69) is 0 Å². The number of ether oxygens (including phenoxy) is 1. The topological polar surface area (TPSA) is 42.4 Å². The quantitative estimate of drug-likeness (QED) is 0.654. The fourth-order valence-corrected chi connectivity index (χ4v) is 3.62. The van der Waals surface area contributed by atoms with E-state index in [0.717, 1.165) is 22.0 Å². The molecule has 28 heavy (non-hydrogen) atoms. The van der Waals surface area contributed by atoms with Crippen molar-refractivity contribution in [2.24, 2.45) is 0 Å². The van der Waals surface area contributed by atoms with Crippen molar-refractivity contribution in [1.82, 2.24) is 9.88 Å². The molecule has 1 saturated heterocycles. The van der Waals surface area contributed by atoms with E-state index in [9.17, 15) is 4.79 Å². The van der Waals surface area contributed by atoms with Gasteiger partial charge in [-0.2, -0.15) is 0 Å². The maximum atomic E-state index is 12.8. The van der Waals surface area contributed by atoms with Gasteiger partial charge in [-0.15, -0.1) is 0 Å². The van der Waals surface area contributed by atoms with E-state index in [4.69, 9.17) is 21.3 Å². The summed E-state index contributed by atoms with van der Waals surface area (Å²) in [7, 11) is 0. The van der Waals surface area contributed by atoms with Crippen LogP contribution in [0.2, 0.25) is 5.02 Å². The number of rotatable bonds is 4. The Morgan fingerprint density at radius 3 is 2.71 bits per heavy atom. The second-order valence-corrected chi connectivity index (χ2v) is 7.27. The zero-order valence-electron chi connectivity index (χ0n) is 15.4. The zero-order chi connectivity index (χ0) is 19.3. The van der Waals surface area contributed by atoms with E-state index in [1.165, 1.54) is 0 Å². The minimum absolute atomic E-state index is 0.0315. The van der Waals surface area contributed by atoms with Crippen LogP contribution in [0.15, 0.2) is 72.8 Å². The summed E-state index contributed by atoms with van der Waals surface area (Å²) in [6.07, 6.45) is 0.481. The summed E-state index contributed by atoms with van der Waals surface area (Å²) in [4.78, 5) is 19.4. The average Bonchev–Trinajstić information content (AvgIpc) is 2.74. The number of benzene rings is 2. The molecule has 1 aliphatic heterocycles. The molecule has 1 amide bonds. The first-order valence-corrected chi connectivity index (χ1v) is 9.73. The summed E-state index contributed by atoms with van der Waals surface area (Å²) in [6, 6.07) is 23.1. The number of hydrogen-bond acceptors (Lipinski definition) is 3. The predicted octanol–water partition coefficient (Wildman–Crippen LogP) is 4.54. The van der Waals surface area contributed by atoms with Crippen molar-refractivity contribution in [3.05, 3.63) is 100 Å². The Balaban J connectivity index is 1.48. The van der Waals surface area contributed by atoms with Crippen LogP contribution >= 0.6 is 11.6 Å². The number of amides is 1. The molecular formula is C23H21ClN2O2. The number of nitrogens with zero attached hydrogens (tertiary/aromatic N) is 2. The van der Waals surface area contributed by atoms with Crippen molar-refractivity contribution in [3.63, 3.8) is 0 Å². The molecule has 3 aromatic rings. The summed E-state index contributed by atoms with van der Waals surface area (Å²) in [5.74, 6) is 0.0315. The van der Waals surface area contributed by atoms with Crippen molar-refractivity contribution < 1.29 is 9.53 Å². The summed E-state index contributed by atoms with van der Waals surface area (Å²) in [6.45, 7) is 1.59. The Morgan fingerprint density at radius 1 is 1.07 bits per heavy atom. The van der Waals surface area contributed by atoms with Crippen LogP contribution in [-0.2, 0) is 11.2 Å². The summed E-state index contributed by atoms with van der Waals surface area (Å²) in [5, 5.41) is 0.722. The first-order chi connectivity index (χ1) is 13.7. The van der Waals surface area contributed by atoms with Gasteiger partial charge in [0.15, 0.2) is 0 Å². The highest BCUT2D eigenvalue weighted by Crippen LogP contribution is 2.23. The maximum absolute atomic E-state index is 12.8. The first kappa shape index (κ1) is 18.7. The van der Waals surface area contributed by atoms with Gasteiger partial charge in [0.25, 0.3) is 5.91 Å². The Labute approximate surface area is 169 Å². The van der Waals surface area contributed by atoms with Crippen LogP contribution in [0.1, 0.15) is 33.4 Å². The zero-order valence-corrected chi connectivity index (χ0v) is 16.2. The van der Waals surface area contributed by atoms with Gasteiger partial charge in [-0.25, -0.2) is 0 Å². The lowest BCUT2D eigenvalue weighted by Gasteiger charge is -2.33. The van der Waals surface area contributed by atoms with Crippen molar-refractivity contribution in [3.8, 4) is 0 Å². The molecule has 0 saturated carbocycles. The Kier molecular flexibility index (Phi) is 5.70. The van der Waals surface area contributed by atoms with Gasteiger partial charge in [0.1, 0.15) is 6.10 Å². The van der Waals surface area contributed by atoms with Gasteiger partial charge in [-0.05, 0) is 42.0 Å². The van der Waals surface area contributed by atoms with Gasteiger partial charge in [-0.3, -0.25) is 9.78 Å². The second kappa shape index (κ2) is 8.55. The molecule has 142 valence electrons. The molecule has 0 aliphatic carbocycles. The normalized spacial score (nSPS) is 16.8. The molecule has 0 radical (unpaired) electrons. The van der Waals surface area contributed by atoms with Gasteiger partial charge in [0, 0.05) is 29.2 Å². The molecular weight excluding hydrogens is 372 g/mol. The van der Waals surface area contributed by atoms with Crippen LogP contribution in [-0.4, -0.2) is 35.5 Å². The molecule has 4 nitrogen and oxygen atoms in total. The third-order valence-corrected chi connectivity index (χ3v) is 5.04. The fraction of sp³-hybridized carbons (Fsp3) is 0.217. The van der Waals surface area contributed by atoms with Crippen LogP contribution in [0.3, 0.4) is 0 Å². The van der Waals surface area contributed by atoms with Gasteiger partial charge < -0.3 is 9.64 Å². The molecule has 2 aromatic carbocycles. The molecule has 2 heterocycles. The Morgan fingerprint density at radius 2 is 1.89 bits per heavy atom. The van der Waals surface area contributed by atoms with Crippen molar-refractivity contribution >= 4 is 17.5 Å². The lowest BCUT2D eigenvalue weighted by atomic mass is 10.1. The van der Waals surface area contributed by atoms with E-state index >= 15 is 0 Å². The fourth-order valence-electron chi connectivity index (χ4n) is 3.41. The highest BCUT2D eigenvalue weighted by molar-refractivity contribution is 6.30. The number of pyridine rings is 1. The molecule has 1 aromatic heterocycles. The average molecular weight is 393 g/mol. The summed E-state index contributed by atoms with van der Waals surface area (Å²) in [5.41, 5.74) is 3.62. The highest BCUT2D eigenvalue weighted by Gasteiger charge is 2.27. The number of hydrogen-bond donors (Lipinski definition) is 0. The Bertz CT molecular complexity index is 962. The molecule has 1 aliphatic rings. The van der Waals surface area contributed by atoms with E-state index in [0.29, 0.717) is 31.7 Å².